The smallest absolute Gasteiger partial charge is 0.271 e. The van der Waals surface area contributed by atoms with E-state index in [1.165, 1.54) is 16.8 Å². The van der Waals surface area contributed by atoms with E-state index >= 15 is 0 Å². The number of sulfonamides is 1. The summed E-state index contributed by atoms with van der Waals surface area (Å²) in [4.78, 5) is 11.4. The van der Waals surface area contributed by atoms with Crippen LogP contribution in [0.5, 0.6) is 0 Å². The van der Waals surface area contributed by atoms with Crippen LogP contribution in [0.3, 0.4) is 0 Å². The van der Waals surface area contributed by atoms with Crippen molar-refractivity contribution in [2.75, 3.05) is 4.72 Å². The first-order chi connectivity index (χ1) is 11.8. The van der Waals surface area contributed by atoms with Crippen LogP contribution >= 0.6 is 22.9 Å². The van der Waals surface area contributed by atoms with Gasteiger partial charge in [-0.2, -0.15) is 5.10 Å². The average molecular weight is 396 g/mol. The third-order valence-corrected chi connectivity index (χ3v) is 6.57. The van der Waals surface area contributed by atoms with Crippen LogP contribution in [0.1, 0.15) is 5.56 Å². The molecule has 0 bridgehead atoms. The summed E-state index contributed by atoms with van der Waals surface area (Å²) in [6, 6.07) is 9.43. The second kappa shape index (κ2) is 6.62. The van der Waals surface area contributed by atoms with E-state index < -0.39 is 10.0 Å². The van der Waals surface area contributed by atoms with Crippen LogP contribution in [-0.4, -0.2) is 18.2 Å². The van der Waals surface area contributed by atoms with Gasteiger partial charge in [-0.1, -0.05) is 11.6 Å². The molecule has 130 valence electrons. The zero-order valence-electron chi connectivity index (χ0n) is 13.4. The number of nitrogens with zero attached hydrogens (tertiary/aromatic N) is 2. The lowest BCUT2D eigenvalue weighted by molar-refractivity contribution is 0.603. The molecule has 6 nitrogen and oxygen atoms in total. The Kier molecular flexibility index (Phi) is 4.68. The molecular formula is C16H14ClN3O3S2. The maximum atomic E-state index is 12.6. The van der Waals surface area contributed by atoms with E-state index in [1.807, 2.05) is 0 Å². The van der Waals surface area contributed by atoms with Crippen LogP contribution in [0.15, 0.2) is 50.8 Å². The number of hydrogen-bond donors (Lipinski definition) is 1. The van der Waals surface area contributed by atoms with Crippen LogP contribution in [0.2, 0.25) is 5.02 Å². The monoisotopic (exact) mass is 395 g/mol. The number of rotatable bonds is 4. The van der Waals surface area contributed by atoms with E-state index in [9.17, 15) is 13.2 Å². The van der Waals surface area contributed by atoms with Gasteiger partial charge in [0.2, 0.25) is 0 Å². The van der Waals surface area contributed by atoms with Gasteiger partial charge in [-0.15, -0.1) is 11.3 Å². The molecule has 0 saturated carbocycles. The van der Waals surface area contributed by atoms with E-state index in [0.29, 0.717) is 22.0 Å². The molecule has 3 rings (SSSR count). The van der Waals surface area contributed by atoms with Gasteiger partial charge < -0.3 is 0 Å². The van der Waals surface area contributed by atoms with Gasteiger partial charge in [-0.05, 0) is 42.8 Å². The zero-order valence-corrected chi connectivity index (χ0v) is 15.7. The Morgan fingerprint density at radius 2 is 1.96 bits per heavy atom. The van der Waals surface area contributed by atoms with Gasteiger partial charge >= 0.3 is 0 Å². The lowest BCUT2D eigenvalue weighted by Gasteiger charge is -2.09. The molecule has 0 aliphatic heterocycles. The third-order valence-electron chi connectivity index (χ3n) is 3.53. The SMILES string of the molecule is Cc1cc(Cl)ccc1NS(=O)(=O)c1cc(-c2ccc(=O)n(C)n2)cs1. The maximum Gasteiger partial charge on any atom is 0.271 e. The lowest BCUT2D eigenvalue weighted by atomic mass is 10.2. The van der Waals surface area contributed by atoms with E-state index in [4.69, 9.17) is 11.6 Å². The van der Waals surface area contributed by atoms with Crippen molar-refractivity contribution in [1.82, 2.24) is 9.78 Å². The maximum absolute atomic E-state index is 12.6. The lowest BCUT2D eigenvalue weighted by Crippen LogP contribution is -2.18. The molecule has 2 aromatic heterocycles. The molecule has 0 atom stereocenters. The van der Waals surface area contributed by atoms with Gasteiger partial charge in [0, 0.05) is 29.1 Å². The van der Waals surface area contributed by atoms with Gasteiger partial charge in [-0.3, -0.25) is 9.52 Å². The molecule has 0 spiro atoms. The Hall–Kier alpha value is -2.16. The molecule has 0 unspecified atom stereocenters. The molecule has 2 heterocycles. The van der Waals surface area contributed by atoms with E-state index in [1.54, 1.807) is 43.6 Å². The number of nitrogens with one attached hydrogen (secondary N) is 1. The predicted octanol–water partition coefficient (Wildman–Crippen LogP) is 3.27. The van der Waals surface area contributed by atoms with E-state index in [2.05, 4.69) is 9.82 Å². The molecular weight excluding hydrogens is 382 g/mol. The standard InChI is InChI=1S/C16H14ClN3O3S2/c1-10-7-12(17)3-4-13(10)19-25(22,23)16-8-11(9-24-16)14-5-6-15(21)20(2)18-14/h3-9,19H,1-2H3. The fourth-order valence-electron chi connectivity index (χ4n) is 2.18. The van der Waals surface area contributed by atoms with Crippen molar-refractivity contribution in [3.63, 3.8) is 0 Å². The number of benzene rings is 1. The van der Waals surface area contributed by atoms with Gasteiger partial charge in [0.05, 0.1) is 11.4 Å². The predicted molar refractivity (Wildman–Crippen MR) is 99.8 cm³/mol. The quantitative estimate of drug-likeness (QED) is 0.735. The minimum absolute atomic E-state index is 0.160. The number of halogens is 1. The van der Waals surface area contributed by atoms with Crippen molar-refractivity contribution in [3.05, 3.63) is 62.7 Å². The topological polar surface area (TPSA) is 81.1 Å². The Balaban J connectivity index is 1.92. The second-order valence-corrected chi connectivity index (χ2v) is 8.66. The molecule has 9 heteroatoms. The highest BCUT2D eigenvalue weighted by atomic mass is 35.5. The first-order valence-electron chi connectivity index (χ1n) is 7.18. The highest BCUT2D eigenvalue weighted by molar-refractivity contribution is 7.94. The van der Waals surface area contributed by atoms with E-state index in [0.717, 1.165) is 16.9 Å². The molecule has 1 aromatic carbocycles. The molecule has 3 aromatic rings. The summed E-state index contributed by atoms with van der Waals surface area (Å²) in [7, 11) is -2.18. The van der Waals surface area contributed by atoms with Crippen LogP contribution in [0.25, 0.3) is 11.3 Å². The summed E-state index contributed by atoms with van der Waals surface area (Å²) >= 11 is 6.98. The van der Waals surface area contributed by atoms with Crippen LogP contribution < -0.4 is 10.3 Å². The van der Waals surface area contributed by atoms with Gasteiger partial charge in [-0.25, -0.2) is 13.1 Å². The fraction of sp³-hybridized carbons (Fsp3) is 0.125. The minimum atomic E-state index is -3.73. The normalized spacial score (nSPS) is 11.5. The van der Waals surface area contributed by atoms with Gasteiger partial charge in [0.15, 0.2) is 0 Å². The average Bonchev–Trinajstić information content (AvgIpc) is 3.04. The first kappa shape index (κ1) is 17.7. The van der Waals surface area contributed by atoms with Crippen molar-refractivity contribution >= 4 is 38.6 Å². The summed E-state index contributed by atoms with van der Waals surface area (Å²) in [6.07, 6.45) is 0. The van der Waals surface area contributed by atoms with Crippen molar-refractivity contribution in [2.45, 2.75) is 11.1 Å². The van der Waals surface area contributed by atoms with Gasteiger partial charge in [0.25, 0.3) is 15.6 Å². The molecule has 0 saturated heterocycles. The zero-order chi connectivity index (χ0) is 18.2. The number of thiophene rings is 1. The summed E-state index contributed by atoms with van der Waals surface area (Å²) in [5, 5.41) is 6.36. The molecule has 25 heavy (non-hydrogen) atoms. The molecule has 0 aliphatic carbocycles. The number of hydrogen-bond acceptors (Lipinski definition) is 5. The fourth-order valence-corrected chi connectivity index (χ4v) is 4.72. The summed E-state index contributed by atoms with van der Waals surface area (Å²) in [6.45, 7) is 1.78. The number of anilines is 1. The molecule has 0 aliphatic rings. The second-order valence-electron chi connectivity index (χ2n) is 5.40. The third kappa shape index (κ3) is 3.76. The van der Waals surface area contributed by atoms with Crippen molar-refractivity contribution in [3.8, 4) is 11.3 Å². The highest BCUT2D eigenvalue weighted by Crippen LogP contribution is 2.29. The van der Waals surface area contributed by atoms with Crippen molar-refractivity contribution in [2.24, 2.45) is 7.05 Å². The van der Waals surface area contributed by atoms with Crippen LogP contribution in [0, 0.1) is 6.92 Å². The number of aromatic nitrogens is 2. The molecule has 0 radical (unpaired) electrons. The Labute approximate surface area is 153 Å². The molecule has 0 fully saturated rings. The summed E-state index contributed by atoms with van der Waals surface area (Å²) in [5.41, 5.74) is 2.13. The first-order valence-corrected chi connectivity index (χ1v) is 9.92. The minimum Gasteiger partial charge on any atom is -0.279 e. The van der Waals surface area contributed by atoms with Crippen molar-refractivity contribution < 1.29 is 8.42 Å². The van der Waals surface area contributed by atoms with Crippen LogP contribution in [-0.2, 0) is 17.1 Å². The highest BCUT2D eigenvalue weighted by Gasteiger charge is 2.19. The summed E-state index contributed by atoms with van der Waals surface area (Å²) < 4.78 is 29.1. The molecule has 0 amide bonds. The Morgan fingerprint density at radius 3 is 2.64 bits per heavy atom. The summed E-state index contributed by atoms with van der Waals surface area (Å²) in [5.74, 6) is 0. The van der Waals surface area contributed by atoms with E-state index in [-0.39, 0.29) is 9.77 Å². The van der Waals surface area contributed by atoms with Gasteiger partial charge in [0.1, 0.15) is 4.21 Å². The van der Waals surface area contributed by atoms with Crippen LogP contribution in [0.4, 0.5) is 5.69 Å². The Morgan fingerprint density at radius 1 is 1.20 bits per heavy atom. The molecule has 1 N–H and O–H groups in total. The Bertz CT molecular complexity index is 1100. The van der Waals surface area contributed by atoms with Crippen molar-refractivity contribution in [1.29, 1.82) is 0 Å². The largest absolute Gasteiger partial charge is 0.279 e. The number of aryl methyl sites for hydroxylation is 2.